The van der Waals surface area contributed by atoms with Crippen LogP contribution in [-0.4, -0.2) is 0 Å². The molecule has 24 heavy (non-hydrogen) atoms. The van der Waals surface area contributed by atoms with Gasteiger partial charge in [0.15, 0.2) is 0 Å². The monoisotopic (exact) mass is 322 g/mol. The fraction of sp³-hybridized carbons (Fsp3) is 0.500. The molecule has 2 aliphatic carbocycles. The van der Waals surface area contributed by atoms with Crippen molar-refractivity contribution < 1.29 is 0 Å². The summed E-state index contributed by atoms with van der Waals surface area (Å²) >= 11 is 0. The second-order valence-corrected chi connectivity index (χ2v) is 7.19. The van der Waals surface area contributed by atoms with Gasteiger partial charge in [-0.15, -0.1) is 0 Å². The molecule has 130 valence electrons. The first kappa shape index (κ1) is 18.8. The fourth-order valence-electron chi connectivity index (χ4n) is 4.59. The quantitative estimate of drug-likeness (QED) is 0.423. The average Bonchev–Trinajstić information content (AvgIpc) is 3.05. The van der Waals surface area contributed by atoms with Gasteiger partial charge in [0.25, 0.3) is 0 Å². The van der Waals surface area contributed by atoms with Gasteiger partial charge in [-0.2, -0.15) is 0 Å². The third-order valence-electron chi connectivity index (χ3n) is 5.59. The zero-order chi connectivity index (χ0) is 17.7. The molecule has 0 fully saturated rings. The lowest BCUT2D eigenvalue weighted by Gasteiger charge is -2.33. The Morgan fingerprint density at radius 3 is 2.38 bits per heavy atom. The van der Waals surface area contributed by atoms with Gasteiger partial charge in [0, 0.05) is 5.41 Å². The molecule has 0 heteroatoms. The van der Waals surface area contributed by atoms with E-state index in [1.165, 1.54) is 29.6 Å². The summed E-state index contributed by atoms with van der Waals surface area (Å²) in [5, 5.41) is 0. The van der Waals surface area contributed by atoms with E-state index in [-0.39, 0.29) is 5.41 Å². The molecular formula is C24H34. The summed E-state index contributed by atoms with van der Waals surface area (Å²) in [5.74, 6) is 0. The number of hydrogen-bond donors (Lipinski definition) is 0. The van der Waals surface area contributed by atoms with E-state index in [4.69, 9.17) is 0 Å². The summed E-state index contributed by atoms with van der Waals surface area (Å²) in [6, 6.07) is 0. The summed E-state index contributed by atoms with van der Waals surface area (Å²) in [5.41, 5.74) is 9.50. The predicted octanol–water partition coefficient (Wildman–Crippen LogP) is 7.63. The minimum absolute atomic E-state index is 0.112. The Balaban J connectivity index is 2.64. The molecule has 0 nitrogen and oxygen atoms in total. The van der Waals surface area contributed by atoms with E-state index in [1.807, 2.05) is 0 Å². The highest BCUT2D eigenvalue weighted by Gasteiger charge is 2.40. The molecule has 0 aromatic heterocycles. The minimum Gasteiger partial charge on any atom is -0.0877 e. The largest absolute Gasteiger partial charge is 0.0877 e. The summed E-state index contributed by atoms with van der Waals surface area (Å²) in [6.45, 7) is 13.6. The van der Waals surface area contributed by atoms with E-state index >= 15 is 0 Å². The Morgan fingerprint density at radius 1 is 1.12 bits per heavy atom. The molecule has 2 rings (SSSR count). The van der Waals surface area contributed by atoms with Crippen molar-refractivity contribution in [2.24, 2.45) is 5.41 Å². The van der Waals surface area contributed by atoms with Crippen LogP contribution >= 0.6 is 0 Å². The van der Waals surface area contributed by atoms with Gasteiger partial charge in [0.2, 0.25) is 0 Å². The molecule has 0 aliphatic heterocycles. The van der Waals surface area contributed by atoms with Crippen LogP contribution in [0.25, 0.3) is 0 Å². The maximum Gasteiger partial charge on any atom is 0.0350 e. The lowest BCUT2D eigenvalue weighted by molar-refractivity contribution is 0.535. The van der Waals surface area contributed by atoms with E-state index in [0.717, 1.165) is 19.3 Å². The zero-order valence-electron chi connectivity index (χ0n) is 16.5. The first-order valence-electron chi connectivity index (χ1n) is 9.66. The Morgan fingerprint density at radius 2 is 1.88 bits per heavy atom. The van der Waals surface area contributed by atoms with Gasteiger partial charge >= 0.3 is 0 Å². The number of rotatable bonds is 7. The third kappa shape index (κ3) is 3.29. The second-order valence-electron chi connectivity index (χ2n) is 7.19. The highest BCUT2D eigenvalue weighted by Crippen LogP contribution is 2.54. The van der Waals surface area contributed by atoms with Crippen molar-refractivity contribution in [3.8, 4) is 0 Å². The Hall–Kier alpha value is -1.56. The highest BCUT2D eigenvalue weighted by molar-refractivity contribution is 5.61. The SMILES string of the molecule is CC=CC=CC1=C(C2(CC)C=C(C)C=C2C)C(CC)=C(CCC)C1. The normalized spacial score (nSPS) is 24.8. The first-order valence-corrected chi connectivity index (χ1v) is 9.66. The number of hydrogen-bond acceptors (Lipinski definition) is 0. The van der Waals surface area contributed by atoms with Gasteiger partial charge in [-0.05, 0) is 63.2 Å². The van der Waals surface area contributed by atoms with Crippen LogP contribution in [0, 0.1) is 5.41 Å². The van der Waals surface area contributed by atoms with Crippen LogP contribution < -0.4 is 0 Å². The molecular weight excluding hydrogens is 288 g/mol. The molecule has 0 aromatic rings. The van der Waals surface area contributed by atoms with Crippen molar-refractivity contribution in [2.75, 3.05) is 0 Å². The zero-order valence-corrected chi connectivity index (χ0v) is 16.5. The first-order chi connectivity index (χ1) is 11.5. The van der Waals surface area contributed by atoms with Crippen LogP contribution in [0.1, 0.15) is 73.6 Å². The van der Waals surface area contributed by atoms with Crippen LogP contribution in [0.4, 0.5) is 0 Å². The molecule has 1 unspecified atom stereocenters. The topological polar surface area (TPSA) is 0 Å². The Labute approximate surface area is 149 Å². The molecule has 0 heterocycles. The molecule has 0 radical (unpaired) electrons. The third-order valence-corrected chi connectivity index (χ3v) is 5.59. The highest BCUT2D eigenvalue weighted by atomic mass is 14.4. The molecule has 0 bridgehead atoms. The molecule has 2 aliphatic rings. The van der Waals surface area contributed by atoms with Crippen molar-refractivity contribution in [3.05, 3.63) is 69.9 Å². The van der Waals surface area contributed by atoms with E-state index in [9.17, 15) is 0 Å². The van der Waals surface area contributed by atoms with Crippen LogP contribution in [0.15, 0.2) is 69.9 Å². The van der Waals surface area contributed by atoms with Crippen molar-refractivity contribution in [1.82, 2.24) is 0 Å². The van der Waals surface area contributed by atoms with Crippen molar-refractivity contribution >= 4 is 0 Å². The van der Waals surface area contributed by atoms with E-state index in [2.05, 4.69) is 78.0 Å². The number of allylic oxidation sites excluding steroid dienone is 12. The molecule has 0 saturated carbocycles. The fourth-order valence-corrected chi connectivity index (χ4v) is 4.59. The summed E-state index contributed by atoms with van der Waals surface area (Å²) in [7, 11) is 0. The van der Waals surface area contributed by atoms with Gasteiger partial charge in [-0.3, -0.25) is 0 Å². The maximum atomic E-state index is 2.52. The molecule has 0 N–H and O–H groups in total. The summed E-state index contributed by atoms with van der Waals surface area (Å²) in [6.07, 6.45) is 19.6. The van der Waals surface area contributed by atoms with Crippen molar-refractivity contribution in [3.63, 3.8) is 0 Å². The maximum absolute atomic E-state index is 2.52. The second kappa shape index (κ2) is 8.01. The van der Waals surface area contributed by atoms with Crippen LogP contribution in [0.2, 0.25) is 0 Å². The molecule has 0 saturated heterocycles. The summed E-state index contributed by atoms with van der Waals surface area (Å²) < 4.78 is 0. The lowest BCUT2D eigenvalue weighted by atomic mass is 9.70. The van der Waals surface area contributed by atoms with Crippen LogP contribution in [0.5, 0.6) is 0 Å². The smallest absolute Gasteiger partial charge is 0.0350 e. The Kier molecular flexibility index (Phi) is 6.27. The predicted molar refractivity (Wildman–Crippen MR) is 108 cm³/mol. The van der Waals surface area contributed by atoms with E-state index in [1.54, 1.807) is 16.7 Å². The van der Waals surface area contributed by atoms with Crippen molar-refractivity contribution in [2.45, 2.75) is 73.6 Å². The van der Waals surface area contributed by atoms with Gasteiger partial charge in [0.1, 0.15) is 0 Å². The minimum atomic E-state index is 0.112. The van der Waals surface area contributed by atoms with Crippen LogP contribution in [-0.2, 0) is 0 Å². The van der Waals surface area contributed by atoms with Crippen LogP contribution in [0.3, 0.4) is 0 Å². The molecule has 0 amide bonds. The lowest BCUT2D eigenvalue weighted by Crippen LogP contribution is -2.21. The molecule has 1 atom stereocenters. The standard InChI is InChI=1S/C24H34/c1-7-11-12-14-21-16-20(13-8-2)22(9-3)23(21)24(10-4)17-18(5)15-19(24)6/h7,11-12,14-15,17H,8-10,13,16H2,1-6H3. The van der Waals surface area contributed by atoms with E-state index in [0.29, 0.717) is 0 Å². The van der Waals surface area contributed by atoms with Crippen molar-refractivity contribution in [1.29, 1.82) is 0 Å². The molecule has 0 spiro atoms. The van der Waals surface area contributed by atoms with Gasteiger partial charge in [0.05, 0.1) is 0 Å². The molecule has 0 aromatic carbocycles. The average molecular weight is 323 g/mol. The summed E-state index contributed by atoms with van der Waals surface area (Å²) in [4.78, 5) is 0. The van der Waals surface area contributed by atoms with Gasteiger partial charge in [-0.25, -0.2) is 0 Å². The van der Waals surface area contributed by atoms with E-state index < -0.39 is 0 Å². The van der Waals surface area contributed by atoms with Gasteiger partial charge in [-0.1, -0.05) is 80.4 Å². The van der Waals surface area contributed by atoms with Gasteiger partial charge < -0.3 is 0 Å². The Bertz CT molecular complexity index is 658.